The Hall–Kier alpha value is -2.01. The van der Waals surface area contributed by atoms with E-state index in [2.05, 4.69) is 0 Å². The lowest BCUT2D eigenvalue weighted by atomic mass is 9.53. The summed E-state index contributed by atoms with van der Waals surface area (Å²) in [6.45, 7) is -4.86. The number of piperidine rings is 1. The lowest BCUT2D eigenvalue weighted by Gasteiger charge is -2.56. The van der Waals surface area contributed by atoms with Crippen LogP contribution in [0.15, 0.2) is 24.3 Å². The number of phenols is 1. The fraction of sp³-hybridized carbons (Fsp3) is 0.526. The number of aromatic hydroxyl groups is 1. The van der Waals surface area contributed by atoms with Gasteiger partial charge in [0.25, 0.3) is 0 Å². The van der Waals surface area contributed by atoms with Crippen molar-refractivity contribution in [1.29, 1.82) is 0 Å². The third-order valence-electron chi connectivity index (χ3n) is 6.10. The third kappa shape index (κ3) is 1.56. The molecular formula is C19H21NO4. The number of nitrogens with zero attached hydrogens (tertiary/aromatic N) is 1. The van der Waals surface area contributed by atoms with E-state index in [1.807, 2.05) is 6.08 Å². The highest BCUT2D eigenvalue weighted by atomic mass is 16.6. The van der Waals surface area contributed by atoms with Gasteiger partial charge in [0.2, 0.25) is 0 Å². The predicted molar refractivity (Wildman–Crippen MR) is 87.1 cm³/mol. The summed E-state index contributed by atoms with van der Waals surface area (Å²) in [5.41, 5.74) is 1.04. The summed E-state index contributed by atoms with van der Waals surface area (Å²) >= 11 is 0. The van der Waals surface area contributed by atoms with Crippen molar-refractivity contribution in [3.8, 4) is 11.5 Å². The zero-order chi connectivity index (χ0) is 21.6. The first-order chi connectivity index (χ1) is 13.9. The maximum Gasteiger partial charge on any atom is 0.303 e. The monoisotopic (exact) mass is 333 g/mol. The molecule has 2 heterocycles. The van der Waals surface area contributed by atoms with E-state index in [4.69, 9.17) is 17.7 Å². The number of likely N-dealkylation sites (N-methyl/N-ethyl adjacent to an activating group) is 1. The van der Waals surface area contributed by atoms with E-state index < -0.39 is 37.4 Å². The van der Waals surface area contributed by atoms with Gasteiger partial charge >= 0.3 is 5.97 Å². The molecule has 5 heteroatoms. The van der Waals surface area contributed by atoms with Gasteiger partial charge in [0.05, 0.1) is 0 Å². The number of hydrogen-bond donors (Lipinski definition) is 1. The normalized spacial score (nSPS) is 43.2. The van der Waals surface area contributed by atoms with E-state index in [1.165, 1.54) is 11.0 Å². The summed E-state index contributed by atoms with van der Waals surface area (Å²) in [5, 5.41) is 10.4. The zero-order valence-corrected chi connectivity index (χ0v) is 12.9. The van der Waals surface area contributed by atoms with E-state index >= 15 is 0 Å². The Morgan fingerprint density at radius 1 is 1.50 bits per heavy atom. The van der Waals surface area contributed by atoms with E-state index in [-0.39, 0.29) is 17.7 Å². The van der Waals surface area contributed by atoms with Gasteiger partial charge in [0, 0.05) is 38.0 Å². The number of carbonyl (C=O) groups is 1. The molecule has 4 aliphatic rings. The number of carbonyl (C=O) groups excluding carboxylic acids is 1. The highest BCUT2D eigenvalue weighted by molar-refractivity contribution is 5.67. The molecule has 0 saturated carbocycles. The molecule has 5 atom stereocenters. The lowest BCUT2D eigenvalue weighted by Crippen LogP contribution is -2.65. The van der Waals surface area contributed by atoms with Crippen molar-refractivity contribution >= 4 is 5.97 Å². The maximum atomic E-state index is 12.1. The Bertz CT molecular complexity index is 958. The smallest absolute Gasteiger partial charge is 0.303 e. The van der Waals surface area contributed by atoms with Crippen molar-refractivity contribution in [3.05, 3.63) is 35.4 Å². The van der Waals surface area contributed by atoms with Gasteiger partial charge in [-0.3, -0.25) is 4.79 Å². The van der Waals surface area contributed by atoms with Gasteiger partial charge in [-0.1, -0.05) is 12.1 Å². The van der Waals surface area contributed by atoms with Crippen LogP contribution in [0.3, 0.4) is 0 Å². The van der Waals surface area contributed by atoms with Crippen LogP contribution in [0.5, 0.6) is 11.5 Å². The van der Waals surface area contributed by atoms with Crippen molar-refractivity contribution in [1.82, 2.24) is 4.90 Å². The molecule has 1 aromatic carbocycles. The first-order valence-corrected chi connectivity index (χ1v) is 8.13. The van der Waals surface area contributed by atoms with Crippen molar-refractivity contribution in [2.75, 3.05) is 13.5 Å². The van der Waals surface area contributed by atoms with Crippen LogP contribution >= 0.6 is 0 Å². The van der Waals surface area contributed by atoms with Gasteiger partial charge in [-0.15, -0.1) is 0 Å². The fourth-order valence-corrected chi connectivity index (χ4v) is 5.26. The van der Waals surface area contributed by atoms with Crippen LogP contribution in [-0.2, 0) is 21.4 Å². The minimum Gasteiger partial charge on any atom is -0.504 e. The summed E-state index contributed by atoms with van der Waals surface area (Å²) in [7, 11) is 0. The molecule has 2 aliphatic carbocycles. The van der Waals surface area contributed by atoms with Gasteiger partial charge in [-0.2, -0.15) is 0 Å². The number of phenolic OH excluding ortho intramolecular Hbond substituents is 1. The molecule has 0 aromatic heterocycles. The molecule has 0 unspecified atom stereocenters. The van der Waals surface area contributed by atoms with E-state index in [9.17, 15) is 9.90 Å². The van der Waals surface area contributed by atoms with Gasteiger partial charge in [0.1, 0.15) is 6.10 Å². The molecule has 2 aliphatic heterocycles. The summed E-state index contributed by atoms with van der Waals surface area (Å²) in [6, 6.07) is 3.00. The number of hydrogen-bond acceptors (Lipinski definition) is 5. The molecule has 5 rings (SSSR count). The number of likely N-dealkylation sites (tertiary alicyclic amines) is 1. The number of rotatable bonds is 1. The van der Waals surface area contributed by atoms with Crippen molar-refractivity contribution < 1.29 is 27.6 Å². The number of benzene rings is 1. The molecule has 126 valence electrons. The van der Waals surface area contributed by atoms with Crippen LogP contribution in [-0.4, -0.2) is 47.7 Å². The molecule has 24 heavy (non-hydrogen) atoms. The van der Waals surface area contributed by atoms with Crippen molar-refractivity contribution in [2.45, 2.75) is 43.4 Å². The summed E-state index contributed by atoms with van der Waals surface area (Å²) in [6.07, 6.45) is 2.66. The molecule has 2 bridgehead atoms. The Morgan fingerprint density at radius 2 is 2.42 bits per heavy atom. The second-order valence-electron chi connectivity index (χ2n) is 7.02. The molecule has 1 saturated heterocycles. The summed E-state index contributed by atoms with van der Waals surface area (Å²) in [4.78, 5) is 13.6. The highest BCUT2D eigenvalue weighted by Gasteiger charge is 2.64. The quantitative estimate of drug-likeness (QED) is 0.627. The second-order valence-corrected chi connectivity index (χ2v) is 7.02. The van der Waals surface area contributed by atoms with E-state index in [0.717, 1.165) is 11.1 Å². The Balaban J connectivity index is 1.64. The largest absolute Gasteiger partial charge is 0.504 e. The number of esters is 1. The third-order valence-corrected chi connectivity index (χ3v) is 6.10. The molecule has 5 nitrogen and oxygen atoms in total. The van der Waals surface area contributed by atoms with Gasteiger partial charge in [-0.25, -0.2) is 0 Å². The minimum absolute atomic E-state index is 0.0335. The zero-order valence-electron chi connectivity index (χ0n) is 18.9. The van der Waals surface area contributed by atoms with Gasteiger partial charge < -0.3 is 19.5 Å². The minimum atomic E-state index is -2.90. The number of ether oxygens (including phenoxy) is 2. The van der Waals surface area contributed by atoms with Crippen LogP contribution in [0, 0.1) is 5.92 Å². The average Bonchev–Trinajstić information content (AvgIpc) is 2.97. The first-order valence-electron chi connectivity index (χ1n) is 11.1. The topological polar surface area (TPSA) is 59.0 Å². The van der Waals surface area contributed by atoms with Gasteiger partial charge in [-0.05, 0) is 44.1 Å². The lowest BCUT2D eigenvalue weighted by molar-refractivity contribution is -0.152. The van der Waals surface area contributed by atoms with Crippen LogP contribution in [0.2, 0.25) is 0 Å². The Kier molecular flexibility index (Phi) is 1.79. The van der Waals surface area contributed by atoms with Crippen molar-refractivity contribution in [3.63, 3.8) is 0 Å². The van der Waals surface area contributed by atoms with E-state index in [0.29, 0.717) is 25.1 Å². The molecule has 1 fully saturated rings. The standard InChI is InChI=1S/C19H21NO4/c1-10(21)23-15-6-4-12-13-9-11-3-5-14(22)17-16(11)19(12,18(15)24-17)7-8-20(13)2/h3-6,12-13,15,18,22H,7-9H2,1-2H3/t12-,13+,15-,18-,19-/m0/s1/i1D3,2D3. The molecular weight excluding hydrogens is 306 g/mol. The molecule has 1 spiro atoms. The van der Waals surface area contributed by atoms with Crippen LogP contribution in [0.25, 0.3) is 0 Å². The fourth-order valence-electron chi connectivity index (χ4n) is 5.26. The van der Waals surface area contributed by atoms with Crippen LogP contribution in [0.1, 0.15) is 32.6 Å². The highest BCUT2D eigenvalue weighted by Crippen LogP contribution is 2.62. The average molecular weight is 333 g/mol. The van der Waals surface area contributed by atoms with E-state index in [1.54, 1.807) is 12.1 Å². The SMILES string of the molecule is [2H]C([2H])([2H])C(=O)O[C@H]1C=C[C@H]2[C@H]3Cc4ccc(O)c5c4[C@@]2(CCN3C([2H])([2H])[2H])[C@H]1O5. The predicted octanol–water partition coefficient (Wildman–Crippen LogP) is 1.77. The molecule has 1 aromatic rings. The Labute approximate surface area is 149 Å². The summed E-state index contributed by atoms with van der Waals surface area (Å²) < 4.78 is 57.3. The summed E-state index contributed by atoms with van der Waals surface area (Å²) in [5.74, 6) is -1.26. The Morgan fingerprint density at radius 3 is 3.25 bits per heavy atom. The first kappa shape index (κ1) is 9.47. The maximum absolute atomic E-state index is 12.1. The van der Waals surface area contributed by atoms with Crippen molar-refractivity contribution in [2.24, 2.45) is 5.92 Å². The van der Waals surface area contributed by atoms with Crippen LogP contribution < -0.4 is 4.74 Å². The molecule has 1 N–H and O–H groups in total. The molecule has 0 amide bonds. The van der Waals surface area contributed by atoms with Crippen LogP contribution in [0.4, 0.5) is 0 Å². The molecule has 0 radical (unpaired) electrons. The second kappa shape index (κ2) is 4.54. The van der Waals surface area contributed by atoms with Gasteiger partial charge in [0.15, 0.2) is 17.6 Å².